The lowest BCUT2D eigenvalue weighted by atomic mass is 10.2. The molecule has 0 bridgehead atoms. The van der Waals surface area contributed by atoms with Crippen LogP contribution in [-0.2, 0) is 0 Å². The van der Waals surface area contributed by atoms with E-state index in [-0.39, 0.29) is 11.9 Å². The summed E-state index contributed by atoms with van der Waals surface area (Å²) >= 11 is 1.24. The molecular formula is C11H13N3O2S. The largest absolute Gasteiger partial charge is 0.464 e. The Bertz CT molecular complexity index is 532. The maximum atomic E-state index is 11.8. The van der Waals surface area contributed by atoms with E-state index in [9.17, 15) is 4.79 Å². The summed E-state index contributed by atoms with van der Waals surface area (Å²) in [6.45, 7) is 3.71. The van der Waals surface area contributed by atoms with Crippen LogP contribution in [0.4, 0.5) is 5.13 Å². The fourth-order valence-corrected chi connectivity index (χ4v) is 1.96. The molecule has 0 aromatic carbocycles. The van der Waals surface area contributed by atoms with E-state index in [0.717, 1.165) is 11.5 Å². The van der Waals surface area contributed by atoms with E-state index in [2.05, 4.69) is 10.3 Å². The van der Waals surface area contributed by atoms with Crippen molar-refractivity contribution in [1.29, 1.82) is 0 Å². The first kappa shape index (κ1) is 11.7. The van der Waals surface area contributed by atoms with E-state index >= 15 is 0 Å². The molecule has 0 aliphatic carbocycles. The number of nitrogen functional groups attached to an aromatic ring is 1. The van der Waals surface area contributed by atoms with Gasteiger partial charge in [0, 0.05) is 5.38 Å². The van der Waals surface area contributed by atoms with Crippen LogP contribution in [0, 0.1) is 6.92 Å². The fraction of sp³-hybridized carbons (Fsp3) is 0.273. The predicted molar refractivity (Wildman–Crippen MR) is 65.9 cm³/mol. The number of carbonyl (C=O) groups is 1. The zero-order chi connectivity index (χ0) is 12.4. The summed E-state index contributed by atoms with van der Waals surface area (Å²) in [7, 11) is 0. The lowest BCUT2D eigenvalue weighted by Crippen LogP contribution is -2.26. The van der Waals surface area contributed by atoms with Crippen molar-refractivity contribution in [2.75, 3.05) is 5.73 Å². The summed E-state index contributed by atoms with van der Waals surface area (Å²) in [5.41, 5.74) is 5.81. The number of nitrogens with one attached hydrogen (secondary N) is 1. The molecule has 2 heterocycles. The van der Waals surface area contributed by atoms with Crippen LogP contribution in [0.3, 0.4) is 0 Å². The van der Waals surface area contributed by atoms with Gasteiger partial charge < -0.3 is 15.5 Å². The standard InChI is InChI=1S/C11H13N3O2S/c1-6-3-4-9(16-6)7(2)13-10(15)8-5-17-11(12)14-8/h3-5,7H,1-2H3,(H2,12,14)(H,13,15). The lowest BCUT2D eigenvalue weighted by Gasteiger charge is -2.09. The van der Waals surface area contributed by atoms with Crippen LogP contribution in [0.1, 0.15) is 35.0 Å². The maximum absolute atomic E-state index is 11.8. The number of nitrogens with zero attached hydrogens (tertiary/aromatic N) is 1. The summed E-state index contributed by atoms with van der Waals surface area (Å²) in [5, 5.41) is 4.81. The van der Waals surface area contributed by atoms with E-state index < -0.39 is 0 Å². The Hall–Kier alpha value is -1.82. The minimum atomic E-state index is -0.250. The van der Waals surface area contributed by atoms with E-state index in [0.29, 0.717) is 10.8 Å². The van der Waals surface area contributed by atoms with Gasteiger partial charge in [-0.1, -0.05) is 0 Å². The second kappa shape index (κ2) is 4.58. The number of aryl methyl sites for hydroxylation is 1. The summed E-state index contributed by atoms with van der Waals surface area (Å²) in [6, 6.07) is 3.51. The summed E-state index contributed by atoms with van der Waals surface area (Å²) < 4.78 is 5.43. The maximum Gasteiger partial charge on any atom is 0.271 e. The second-order valence-corrected chi connectivity index (χ2v) is 4.60. The summed E-state index contributed by atoms with van der Waals surface area (Å²) in [6.07, 6.45) is 0. The van der Waals surface area contributed by atoms with Crippen molar-refractivity contribution < 1.29 is 9.21 Å². The van der Waals surface area contributed by atoms with Crippen LogP contribution in [0.5, 0.6) is 0 Å². The van der Waals surface area contributed by atoms with Gasteiger partial charge in [-0.25, -0.2) is 4.98 Å². The van der Waals surface area contributed by atoms with Crippen LogP contribution in [0.15, 0.2) is 21.9 Å². The van der Waals surface area contributed by atoms with E-state index in [1.807, 2.05) is 26.0 Å². The van der Waals surface area contributed by atoms with Crippen LogP contribution in [0.2, 0.25) is 0 Å². The molecule has 0 saturated heterocycles. The molecule has 2 rings (SSSR count). The molecule has 0 aliphatic heterocycles. The molecule has 3 N–H and O–H groups in total. The predicted octanol–water partition coefficient (Wildman–Crippen LogP) is 2.12. The number of hydrogen-bond donors (Lipinski definition) is 2. The highest BCUT2D eigenvalue weighted by Gasteiger charge is 2.15. The normalized spacial score (nSPS) is 12.4. The summed E-state index contributed by atoms with van der Waals surface area (Å²) in [4.78, 5) is 15.7. The van der Waals surface area contributed by atoms with E-state index in [1.54, 1.807) is 5.38 Å². The molecule has 2 aromatic heterocycles. The van der Waals surface area contributed by atoms with Crippen molar-refractivity contribution in [2.24, 2.45) is 0 Å². The Morgan fingerprint density at radius 3 is 2.88 bits per heavy atom. The number of furan rings is 1. The van der Waals surface area contributed by atoms with Crippen LogP contribution >= 0.6 is 11.3 Å². The molecule has 90 valence electrons. The first-order chi connectivity index (χ1) is 8.06. The Kier molecular flexibility index (Phi) is 3.14. The molecule has 0 spiro atoms. The smallest absolute Gasteiger partial charge is 0.271 e. The summed E-state index contributed by atoms with van der Waals surface area (Å²) in [5.74, 6) is 1.29. The van der Waals surface area contributed by atoms with Gasteiger partial charge >= 0.3 is 0 Å². The molecule has 0 saturated carbocycles. The zero-order valence-electron chi connectivity index (χ0n) is 9.56. The zero-order valence-corrected chi connectivity index (χ0v) is 10.4. The Morgan fingerprint density at radius 1 is 1.59 bits per heavy atom. The third kappa shape index (κ3) is 2.65. The first-order valence-electron chi connectivity index (χ1n) is 5.14. The number of hydrogen-bond acceptors (Lipinski definition) is 5. The van der Waals surface area contributed by atoms with Crippen molar-refractivity contribution in [3.05, 3.63) is 34.7 Å². The molecule has 5 nitrogen and oxygen atoms in total. The van der Waals surface area contributed by atoms with Gasteiger partial charge in [-0.2, -0.15) is 0 Å². The van der Waals surface area contributed by atoms with Gasteiger partial charge in [-0.3, -0.25) is 4.79 Å². The number of thiazole rings is 1. The van der Waals surface area contributed by atoms with Crippen LogP contribution in [0.25, 0.3) is 0 Å². The van der Waals surface area contributed by atoms with Crippen molar-refractivity contribution in [2.45, 2.75) is 19.9 Å². The van der Waals surface area contributed by atoms with Crippen molar-refractivity contribution >= 4 is 22.4 Å². The molecule has 0 aliphatic rings. The van der Waals surface area contributed by atoms with Crippen LogP contribution < -0.4 is 11.1 Å². The third-order valence-electron chi connectivity index (χ3n) is 2.29. The van der Waals surface area contributed by atoms with Gasteiger partial charge in [0.2, 0.25) is 0 Å². The average molecular weight is 251 g/mol. The van der Waals surface area contributed by atoms with Gasteiger partial charge in [0.05, 0.1) is 6.04 Å². The molecule has 0 radical (unpaired) electrons. The Balaban J connectivity index is 2.04. The first-order valence-corrected chi connectivity index (χ1v) is 6.02. The van der Waals surface area contributed by atoms with E-state index in [1.165, 1.54) is 11.3 Å². The highest BCUT2D eigenvalue weighted by atomic mass is 32.1. The van der Waals surface area contributed by atoms with Gasteiger partial charge in [-0.15, -0.1) is 11.3 Å². The van der Waals surface area contributed by atoms with Gasteiger partial charge in [-0.05, 0) is 26.0 Å². The van der Waals surface area contributed by atoms with E-state index in [4.69, 9.17) is 10.2 Å². The SMILES string of the molecule is Cc1ccc(C(C)NC(=O)c2csc(N)n2)o1. The molecular weight excluding hydrogens is 238 g/mol. The van der Waals surface area contributed by atoms with Crippen molar-refractivity contribution in [3.8, 4) is 0 Å². The highest BCUT2D eigenvalue weighted by Crippen LogP contribution is 2.17. The van der Waals surface area contributed by atoms with Gasteiger partial charge in [0.25, 0.3) is 5.91 Å². The monoisotopic (exact) mass is 251 g/mol. The minimum Gasteiger partial charge on any atom is -0.464 e. The third-order valence-corrected chi connectivity index (χ3v) is 2.96. The number of aromatic nitrogens is 1. The number of amides is 1. The number of nitrogens with two attached hydrogens (primary N) is 1. The van der Waals surface area contributed by atoms with Crippen LogP contribution in [-0.4, -0.2) is 10.9 Å². The molecule has 1 unspecified atom stereocenters. The highest BCUT2D eigenvalue weighted by molar-refractivity contribution is 7.13. The number of anilines is 1. The molecule has 6 heteroatoms. The average Bonchev–Trinajstić information content (AvgIpc) is 2.87. The molecule has 1 amide bonds. The molecule has 2 aromatic rings. The Morgan fingerprint density at radius 2 is 2.35 bits per heavy atom. The quantitative estimate of drug-likeness (QED) is 0.875. The number of carbonyl (C=O) groups excluding carboxylic acids is 1. The van der Waals surface area contributed by atoms with Gasteiger partial charge in [0.15, 0.2) is 5.13 Å². The molecule has 1 atom stereocenters. The van der Waals surface area contributed by atoms with Crippen molar-refractivity contribution in [3.63, 3.8) is 0 Å². The molecule has 17 heavy (non-hydrogen) atoms. The minimum absolute atomic E-state index is 0.195. The lowest BCUT2D eigenvalue weighted by molar-refractivity contribution is 0.0931. The fourth-order valence-electron chi connectivity index (χ4n) is 1.42. The van der Waals surface area contributed by atoms with Gasteiger partial charge in [0.1, 0.15) is 17.2 Å². The number of rotatable bonds is 3. The topological polar surface area (TPSA) is 81.2 Å². The Labute approximate surface area is 103 Å². The molecule has 0 fully saturated rings. The van der Waals surface area contributed by atoms with Crippen molar-refractivity contribution in [1.82, 2.24) is 10.3 Å². The second-order valence-electron chi connectivity index (χ2n) is 3.71.